The van der Waals surface area contributed by atoms with Crippen molar-refractivity contribution in [2.24, 2.45) is 5.92 Å². The predicted molar refractivity (Wildman–Crippen MR) is 69.9 cm³/mol. The number of carbonyl (C=O) groups is 1. The van der Waals surface area contributed by atoms with Crippen LogP contribution in [-0.2, 0) is 4.79 Å². The van der Waals surface area contributed by atoms with Crippen LogP contribution in [0.4, 0.5) is 5.69 Å². The van der Waals surface area contributed by atoms with Crippen LogP contribution in [0.3, 0.4) is 0 Å². The molecule has 0 atom stereocenters. The highest BCUT2D eigenvalue weighted by atomic mass is 16.5. The summed E-state index contributed by atoms with van der Waals surface area (Å²) < 4.78 is 5.46. The van der Waals surface area contributed by atoms with E-state index in [2.05, 4.69) is 15.3 Å². The Morgan fingerprint density at radius 1 is 1.16 bits per heavy atom. The number of hydrogen-bond acceptors (Lipinski definition) is 4. The van der Waals surface area contributed by atoms with Gasteiger partial charge in [-0.05, 0) is 25.0 Å². The molecule has 1 aliphatic carbocycles. The Kier molecular flexibility index (Phi) is 3.10. The first kappa shape index (κ1) is 11.6. The molecule has 1 N–H and O–H groups in total. The van der Waals surface area contributed by atoms with Crippen LogP contribution in [0.2, 0.25) is 0 Å². The number of carbonyl (C=O) groups excluding carboxylic acids is 1. The Balaban J connectivity index is 1.63. The molecular formula is C14H13N3O2. The van der Waals surface area contributed by atoms with E-state index in [1.54, 1.807) is 12.4 Å². The third-order valence-corrected chi connectivity index (χ3v) is 2.80. The third-order valence-electron chi connectivity index (χ3n) is 2.80. The zero-order valence-electron chi connectivity index (χ0n) is 10.2. The molecule has 19 heavy (non-hydrogen) atoms. The molecule has 5 heteroatoms. The molecule has 3 rings (SSSR count). The molecule has 0 aliphatic heterocycles. The van der Waals surface area contributed by atoms with Gasteiger partial charge in [-0.25, -0.2) is 9.97 Å². The van der Waals surface area contributed by atoms with Crippen LogP contribution in [0.1, 0.15) is 12.8 Å². The summed E-state index contributed by atoms with van der Waals surface area (Å²) in [5.41, 5.74) is 0.595. The molecular weight excluding hydrogens is 242 g/mol. The molecule has 1 fully saturated rings. The Hall–Kier alpha value is -2.43. The maximum Gasteiger partial charge on any atom is 0.322 e. The Bertz CT molecular complexity index is 565. The highest BCUT2D eigenvalue weighted by molar-refractivity contribution is 5.93. The van der Waals surface area contributed by atoms with Crippen LogP contribution in [-0.4, -0.2) is 15.9 Å². The van der Waals surface area contributed by atoms with Crippen LogP contribution in [0, 0.1) is 5.92 Å². The lowest BCUT2D eigenvalue weighted by atomic mass is 10.3. The summed E-state index contributed by atoms with van der Waals surface area (Å²) in [5, 5.41) is 2.78. The number of nitrogens with one attached hydrogen (secondary N) is 1. The molecule has 0 radical (unpaired) electrons. The summed E-state index contributed by atoms with van der Waals surface area (Å²) in [4.78, 5) is 19.7. The number of nitrogens with zero attached hydrogens (tertiary/aromatic N) is 2. The minimum Gasteiger partial charge on any atom is -0.424 e. The number of amides is 1. The largest absolute Gasteiger partial charge is 0.424 e. The van der Waals surface area contributed by atoms with Gasteiger partial charge in [0.15, 0.2) is 0 Å². The molecule has 1 aromatic heterocycles. The highest BCUT2D eigenvalue weighted by Crippen LogP contribution is 2.30. The fourth-order valence-corrected chi connectivity index (χ4v) is 1.62. The summed E-state index contributed by atoms with van der Waals surface area (Å²) in [6, 6.07) is 9.57. The van der Waals surface area contributed by atoms with Gasteiger partial charge in [0.25, 0.3) is 0 Å². The van der Waals surface area contributed by atoms with Gasteiger partial charge in [-0.3, -0.25) is 4.79 Å². The van der Waals surface area contributed by atoms with Gasteiger partial charge in [0.05, 0.1) is 18.1 Å². The summed E-state index contributed by atoms with van der Waals surface area (Å²) in [6.07, 6.45) is 5.04. The summed E-state index contributed by atoms with van der Waals surface area (Å²) in [6.45, 7) is 0. The van der Waals surface area contributed by atoms with Gasteiger partial charge in [0.2, 0.25) is 5.91 Å². The summed E-state index contributed by atoms with van der Waals surface area (Å²) in [5.74, 6) is 0.887. The Morgan fingerprint density at radius 2 is 1.84 bits per heavy atom. The van der Waals surface area contributed by atoms with Crippen molar-refractivity contribution in [1.82, 2.24) is 9.97 Å². The fourth-order valence-electron chi connectivity index (χ4n) is 1.62. The average Bonchev–Trinajstić information content (AvgIpc) is 3.27. The normalized spacial score (nSPS) is 13.9. The van der Waals surface area contributed by atoms with E-state index in [0.717, 1.165) is 12.8 Å². The van der Waals surface area contributed by atoms with E-state index in [1.165, 1.54) is 0 Å². The number of anilines is 1. The van der Waals surface area contributed by atoms with E-state index in [1.807, 2.05) is 30.3 Å². The Labute approximate surface area is 110 Å². The average molecular weight is 255 g/mol. The number of benzene rings is 1. The van der Waals surface area contributed by atoms with Crippen molar-refractivity contribution in [3.8, 4) is 11.8 Å². The minimum atomic E-state index is 0.0420. The summed E-state index contributed by atoms with van der Waals surface area (Å²) in [7, 11) is 0. The standard InChI is InChI=1S/C14H13N3O2/c18-13(10-6-7-10)17-11-8-15-14(16-9-11)19-12-4-2-1-3-5-12/h1-5,8-10H,6-7H2,(H,17,18). The zero-order chi connectivity index (χ0) is 13.1. The van der Waals surface area contributed by atoms with Crippen LogP contribution in [0.5, 0.6) is 11.8 Å². The zero-order valence-corrected chi connectivity index (χ0v) is 10.2. The molecule has 96 valence electrons. The van der Waals surface area contributed by atoms with E-state index in [-0.39, 0.29) is 17.8 Å². The monoisotopic (exact) mass is 255 g/mol. The van der Waals surface area contributed by atoms with Gasteiger partial charge < -0.3 is 10.1 Å². The van der Waals surface area contributed by atoms with Crippen molar-refractivity contribution < 1.29 is 9.53 Å². The number of rotatable bonds is 4. The lowest BCUT2D eigenvalue weighted by Crippen LogP contribution is -2.13. The fraction of sp³-hybridized carbons (Fsp3) is 0.214. The van der Waals surface area contributed by atoms with E-state index >= 15 is 0 Å². The lowest BCUT2D eigenvalue weighted by Gasteiger charge is -2.05. The van der Waals surface area contributed by atoms with Crippen molar-refractivity contribution in [1.29, 1.82) is 0 Å². The Morgan fingerprint density at radius 3 is 2.47 bits per heavy atom. The number of hydrogen-bond donors (Lipinski definition) is 1. The molecule has 0 unspecified atom stereocenters. The first-order chi connectivity index (χ1) is 9.31. The number of ether oxygens (including phenoxy) is 1. The van der Waals surface area contributed by atoms with E-state index < -0.39 is 0 Å². The van der Waals surface area contributed by atoms with E-state index in [0.29, 0.717) is 11.4 Å². The molecule has 1 amide bonds. The van der Waals surface area contributed by atoms with Crippen LogP contribution >= 0.6 is 0 Å². The molecule has 0 spiro atoms. The third kappa shape index (κ3) is 3.07. The summed E-state index contributed by atoms with van der Waals surface area (Å²) >= 11 is 0. The van der Waals surface area contributed by atoms with Gasteiger partial charge >= 0.3 is 6.01 Å². The highest BCUT2D eigenvalue weighted by Gasteiger charge is 2.29. The lowest BCUT2D eigenvalue weighted by molar-refractivity contribution is -0.117. The van der Waals surface area contributed by atoms with Crippen molar-refractivity contribution in [2.45, 2.75) is 12.8 Å². The first-order valence-electron chi connectivity index (χ1n) is 6.17. The molecule has 1 heterocycles. The number of para-hydroxylation sites is 1. The van der Waals surface area contributed by atoms with Crippen LogP contribution in [0.25, 0.3) is 0 Å². The van der Waals surface area contributed by atoms with Gasteiger partial charge in [-0.1, -0.05) is 18.2 Å². The first-order valence-corrected chi connectivity index (χ1v) is 6.17. The van der Waals surface area contributed by atoms with Crippen molar-refractivity contribution in [2.75, 3.05) is 5.32 Å². The molecule has 0 bridgehead atoms. The quantitative estimate of drug-likeness (QED) is 0.912. The van der Waals surface area contributed by atoms with Crippen molar-refractivity contribution >= 4 is 11.6 Å². The maximum atomic E-state index is 11.6. The van der Waals surface area contributed by atoms with Crippen LogP contribution < -0.4 is 10.1 Å². The minimum absolute atomic E-state index is 0.0420. The van der Waals surface area contributed by atoms with Gasteiger partial charge in [0, 0.05) is 5.92 Å². The second-order valence-corrected chi connectivity index (χ2v) is 4.43. The molecule has 2 aromatic rings. The second kappa shape index (κ2) is 5.06. The van der Waals surface area contributed by atoms with E-state index in [9.17, 15) is 4.79 Å². The van der Waals surface area contributed by atoms with Crippen molar-refractivity contribution in [3.63, 3.8) is 0 Å². The molecule has 5 nitrogen and oxygen atoms in total. The van der Waals surface area contributed by atoms with Gasteiger partial charge in [-0.15, -0.1) is 0 Å². The van der Waals surface area contributed by atoms with E-state index in [4.69, 9.17) is 4.74 Å². The molecule has 1 saturated carbocycles. The topological polar surface area (TPSA) is 64.1 Å². The molecule has 1 aliphatic rings. The molecule has 0 saturated heterocycles. The van der Waals surface area contributed by atoms with Crippen molar-refractivity contribution in [3.05, 3.63) is 42.7 Å². The SMILES string of the molecule is O=C(Nc1cnc(Oc2ccccc2)nc1)C1CC1. The molecule has 1 aromatic carbocycles. The maximum absolute atomic E-state index is 11.6. The number of aromatic nitrogens is 2. The van der Waals surface area contributed by atoms with Gasteiger partial charge in [-0.2, -0.15) is 0 Å². The van der Waals surface area contributed by atoms with Gasteiger partial charge in [0.1, 0.15) is 5.75 Å². The predicted octanol–water partition coefficient (Wildman–Crippen LogP) is 2.62. The smallest absolute Gasteiger partial charge is 0.322 e. The second-order valence-electron chi connectivity index (χ2n) is 4.43. The van der Waals surface area contributed by atoms with Crippen LogP contribution in [0.15, 0.2) is 42.7 Å².